The van der Waals surface area contributed by atoms with Crippen LogP contribution in [0.25, 0.3) is 0 Å². The normalized spacial score (nSPS) is 16.1. The van der Waals surface area contributed by atoms with Crippen molar-refractivity contribution < 1.29 is 9.53 Å². The van der Waals surface area contributed by atoms with Crippen LogP contribution in [0, 0.1) is 0 Å². The minimum Gasteiger partial charge on any atom is -0.494 e. The van der Waals surface area contributed by atoms with Crippen LogP contribution in [0.2, 0.25) is 0 Å². The number of hydrogen-bond donors (Lipinski definition) is 2. The molecule has 1 aliphatic carbocycles. The van der Waals surface area contributed by atoms with Crippen molar-refractivity contribution in [2.45, 2.75) is 62.3 Å². The van der Waals surface area contributed by atoms with Crippen molar-refractivity contribution in [1.29, 1.82) is 0 Å². The quantitative estimate of drug-likeness (QED) is 0.555. The van der Waals surface area contributed by atoms with Crippen LogP contribution in [-0.2, 0) is 4.79 Å². The van der Waals surface area contributed by atoms with Gasteiger partial charge in [0.05, 0.1) is 11.9 Å². The zero-order valence-electron chi connectivity index (χ0n) is 15.9. The number of hydrogen-bond acceptors (Lipinski definition) is 6. The summed E-state index contributed by atoms with van der Waals surface area (Å²) in [5.41, 5.74) is 0.730. The van der Waals surface area contributed by atoms with E-state index >= 15 is 0 Å². The molecule has 1 fully saturated rings. The van der Waals surface area contributed by atoms with E-state index in [1.807, 2.05) is 38.1 Å². The minimum absolute atomic E-state index is 0.105. The number of aromatic nitrogens is 3. The summed E-state index contributed by atoms with van der Waals surface area (Å²) in [6, 6.07) is 7.33. The molecule has 0 spiro atoms. The lowest BCUT2D eigenvalue weighted by Gasteiger charge is -2.20. The van der Waals surface area contributed by atoms with E-state index in [0.29, 0.717) is 17.7 Å². The van der Waals surface area contributed by atoms with E-state index in [1.165, 1.54) is 31.0 Å². The molecule has 3 rings (SSSR count). The second-order valence-corrected chi connectivity index (χ2v) is 8.06. The molecule has 0 radical (unpaired) electrons. The predicted molar refractivity (Wildman–Crippen MR) is 108 cm³/mol. The Hall–Kier alpha value is -2.22. The van der Waals surface area contributed by atoms with Crippen LogP contribution < -0.4 is 15.9 Å². The first-order valence-corrected chi connectivity index (χ1v) is 10.4. The molecule has 2 aromatic rings. The van der Waals surface area contributed by atoms with Crippen molar-refractivity contribution >= 4 is 23.4 Å². The fourth-order valence-corrected chi connectivity index (χ4v) is 4.04. The molecule has 8 heteroatoms. The van der Waals surface area contributed by atoms with Gasteiger partial charge in [-0.25, -0.2) is 4.68 Å². The second kappa shape index (κ2) is 9.12. The van der Waals surface area contributed by atoms with Crippen LogP contribution in [0.15, 0.2) is 29.4 Å². The number of nitrogens with zero attached hydrogens (tertiary/aromatic N) is 3. The average Bonchev–Trinajstić information content (AvgIpc) is 3.04. The minimum atomic E-state index is -0.345. The largest absolute Gasteiger partial charge is 0.494 e. The van der Waals surface area contributed by atoms with Gasteiger partial charge >= 0.3 is 0 Å². The molecule has 146 valence electrons. The lowest BCUT2D eigenvalue weighted by molar-refractivity contribution is -0.115. The highest BCUT2D eigenvalue weighted by Gasteiger charge is 2.24. The number of nitrogens with one attached hydrogen (secondary N) is 1. The number of benzene rings is 1. The summed E-state index contributed by atoms with van der Waals surface area (Å²) in [5.74, 6) is 8.09. The third kappa shape index (κ3) is 4.94. The number of rotatable bonds is 7. The highest BCUT2D eigenvalue weighted by molar-refractivity contribution is 8.00. The third-order valence-electron chi connectivity index (χ3n) is 4.75. The van der Waals surface area contributed by atoms with Gasteiger partial charge in [0.2, 0.25) is 11.1 Å². The first-order valence-electron chi connectivity index (χ1n) is 9.49. The lowest BCUT2D eigenvalue weighted by Crippen LogP contribution is -2.24. The van der Waals surface area contributed by atoms with E-state index in [0.717, 1.165) is 30.1 Å². The number of carbonyl (C=O) groups excluding carboxylic acids is 1. The van der Waals surface area contributed by atoms with Crippen LogP contribution in [0.1, 0.15) is 57.7 Å². The molecule has 7 nitrogen and oxygen atoms in total. The van der Waals surface area contributed by atoms with E-state index in [1.54, 1.807) is 4.68 Å². The number of thioether (sulfide) groups is 1. The van der Waals surface area contributed by atoms with Crippen molar-refractivity contribution in [1.82, 2.24) is 14.9 Å². The van der Waals surface area contributed by atoms with Crippen molar-refractivity contribution in [2.75, 3.05) is 17.8 Å². The summed E-state index contributed by atoms with van der Waals surface area (Å²) >= 11 is 1.32. The maximum atomic E-state index is 12.5. The van der Waals surface area contributed by atoms with Gasteiger partial charge in [-0.1, -0.05) is 31.0 Å². The van der Waals surface area contributed by atoms with Gasteiger partial charge in [0.25, 0.3) is 0 Å². The summed E-state index contributed by atoms with van der Waals surface area (Å²) in [6.07, 6.45) is 5.91. The van der Waals surface area contributed by atoms with Crippen molar-refractivity contribution in [3.05, 3.63) is 30.1 Å². The SMILES string of the molecule is CCOc1ccc(NC(=O)C(C)Sc2nnc(C3CCCCC3)n2N)cc1. The fourth-order valence-electron chi connectivity index (χ4n) is 3.26. The van der Waals surface area contributed by atoms with Crippen molar-refractivity contribution in [3.63, 3.8) is 0 Å². The Kier molecular flexibility index (Phi) is 6.60. The Balaban J connectivity index is 1.58. The Bertz CT molecular complexity index is 756. The molecule has 1 aromatic heterocycles. The molecule has 27 heavy (non-hydrogen) atoms. The maximum Gasteiger partial charge on any atom is 0.237 e. The molecular weight excluding hydrogens is 362 g/mol. The van der Waals surface area contributed by atoms with Crippen LogP contribution >= 0.6 is 11.8 Å². The highest BCUT2D eigenvalue weighted by atomic mass is 32.2. The van der Waals surface area contributed by atoms with Crippen LogP contribution in [0.5, 0.6) is 5.75 Å². The highest BCUT2D eigenvalue weighted by Crippen LogP contribution is 2.33. The molecule has 1 aliphatic rings. The van der Waals surface area contributed by atoms with Crippen LogP contribution in [-0.4, -0.2) is 32.6 Å². The molecule has 1 atom stereocenters. The number of ether oxygens (including phenoxy) is 1. The Morgan fingerprint density at radius 3 is 2.67 bits per heavy atom. The van der Waals surface area contributed by atoms with Crippen molar-refractivity contribution in [2.24, 2.45) is 0 Å². The zero-order chi connectivity index (χ0) is 19.2. The van der Waals surface area contributed by atoms with Gasteiger partial charge in [0.15, 0.2) is 5.82 Å². The number of nitrogens with two attached hydrogens (primary N) is 1. The molecule has 3 N–H and O–H groups in total. The smallest absolute Gasteiger partial charge is 0.237 e. The molecule has 0 saturated heterocycles. The van der Waals surface area contributed by atoms with Gasteiger partial charge in [-0.15, -0.1) is 10.2 Å². The van der Waals surface area contributed by atoms with Crippen LogP contribution in [0.4, 0.5) is 5.69 Å². The summed E-state index contributed by atoms with van der Waals surface area (Å²) in [5, 5.41) is 11.6. The predicted octanol–water partition coefficient (Wildman–Crippen LogP) is 3.56. The van der Waals surface area contributed by atoms with E-state index in [9.17, 15) is 4.79 Å². The first-order chi connectivity index (χ1) is 13.1. The van der Waals surface area contributed by atoms with Gasteiger partial charge in [0.1, 0.15) is 5.75 Å². The van der Waals surface area contributed by atoms with Gasteiger partial charge in [-0.3, -0.25) is 4.79 Å². The molecule has 1 heterocycles. The summed E-state index contributed by atoms with van der Waals surface area (Å²) < 4.78 is 6.97. The second-order valence-electron chi connectivity index (χ2n) is 6.75. The average molecular weight is 390 g/mol. The Morgan fingerprint density at radius 1 is 1.30 bits per heavy atom. The van der Waals surface area contributed by atoms with Crippen molar-refractivity contribution in [3.8, 4) is 5.75 Å². The molecule has 0 aliphatic heterocycles. The number of anilines is 1. The molecule has 1 unspecified atom stereocenters. The topological polar surface area (TPSA) is 95.1 Å². The summed E-state index contributed by atoms with van der Waals surface area (Å²) in [7, 11) is 0. The van der Waals surface area contributed by atoms with Gasteiger partial charge in [0, 0.05) is 11.6 Å². The summed E-state index contributed by atoms with van der Waals surface area (Å²) in [6.45, 7) is 4.38. The van der Waals surface area contributed by atoms with E-state index < -0.39 is 0 Å². The molecule has 1 saturated carbocycles. The number of nitrogen functional groups attached to an aromatic ring is 1. The van der Waals surface area contributed by atoms with E-state index in [2.05, 4.69) is 15.5 Å². The number of carbonyl (C=O) groups is 1. The van der Waals surface area contributed by atoms with E-state index in [-0.39, 0.29) is 11.2 Å². The van der Waals surface area contributed by atoms with E-state index in [4.69, 9.17) is 10.6 Å². The lowest BCUT2D eigenvalue weighted by atomic mass is 9.89. The first kappa shape index (κ1) is 19.5. The molecular formula is C19H27N5O2S. The fraction of sp³-hybridized carbons (Fsp3) is 0.526. The molecule has 1 aromatic carbocycles. The van der Waals surface area contributed by atoms with Gasteiger partial charge in [-0.2, -0.15) is 0 Å². The standard InChI is InChI=1S/C19H27N5O2S/c1-3-26-16-11-9-15(10-12-16)21-18(25)13(2)27-19-23-22-17(24(19)20)14-7-5-4-6-8-14/h9-14H,3-8,20H2,1-2H3,(H,21,25). The summed E-state index contributed by atoms with van der Waals surface area (Å²) in [4.78, 5) is 12.5. The monoisotopic (exact) mass is 389 g/mol. The Morgan fingerprint density at radius 2 is 2.00 bits per heavy atom. The molecule has 0 bridgehead atoms. The third-order valence-corrected chi connectivity index (χ3v) is 5.80. The van der Waals surface area contributed by atoms with Gasteiger partial charge < -0.3 is 15.9 Å². The zero-order valence-corrected chi connectivity index (χ0v) is 16.7. The number of amides is 1. The molecule has 1 amide bonds. The maximum absolute atomic E-state index is 12.5. The van der Waals surface area contributed by atoms with Gasteiger partial charge in [-0.05, 0) is 51.0 Å². The Labute approximate surface area is 164 Å². The van der Waals surface area contributed by atoms with Crippen LogP contribution in [0.3, 0.4) is 0 Å².